The molecule has 0 radical (unpaired) electrons. The standard InChI is InChI=1S/C14H17Cl2NO2/c1-14(2)6-12(17)11-4-3-10(5-13(11)19-14)18-8-9(16)7-15/h3-5,7,12H,6,8,17H2,1-2H3. The fraction of sp³-hybridized carbons (Fsp3) is 0.429. The van der Waals surface area contributed by atoms with Crippen molar-refractivity contribution in [3.05, 3.63) is 34.3 Å². The molecule has 0 aliphatic carbocycles. The molecule has 3 nitrogen and oxygen atoms in total. The van der Waals surface area contributed by atoms with E-state index in [2.05, 4.69) is 0 Å². The van der Waals surface area contributed by atoms with Crippen molar-refractivity contribution in [3.63, 3.8) is 0 Å². The van der Waals surface area contributed by atoms with Gasteiger partial charge in [0, 0.05) is 29.6 Å². The molecule has 0 spiro atoms. The van der Waals surface area contributed by atoms with E-state index < -0.39 is 0 Å². The molecule has 1 aromatic rings. The summed E-state index contributed by atoms with van der Waals surface area (Å²) in [6.07, 6.45) is 0.793. The van der Waals surface area contributed by atoms with Crippen LogP contribution in [-0.2, 0) is 0 Å². The Hall–Kier alpha value is -0.900. The number of fused-ring (bicyclic) bond motifs is 1. The van der Waals surface area contributed by atoms with Crippen LogP contribution >= 0.6 is 23.2 Å². The van der Waals surface area contributed by atoms with Gasteiger partial charge in [-0.15, -0.1) is 0 Å². The number of hydrogen-bond donors (Lipinski definition) is 1. The van der Waals surface area contributed by atoms with Crippen molar-refractivity contribution >= 4 is 23.2 Å². The summed E-state index contributed by atoms with van der Waals surface area (Å²) in [5.74, 6) is 1.45. The van der Waals surface area contributed by atoms with Crippen LogP contribution in [0.2, 0.25) is 0 Å². The highest BCUT2D eigenvalue weighted by molar-refractivity contribution is 6.36. The van der Waals surface area contributed by atoms with Gasteiger partial charge in [-0.25, -0.2) is 0 Å². The van der Waals surface area contributed by atoms with E-state index >= 15 is 0 Å². The normalized spacial score (nSPS) is 21.5. The second kappa shape index (κ2) is 5.61. The number of benzene rings is 1. The van der Waals surface area contributed by atoms with Gasteiger partial charge in [0.05, 0.1) is 5.03 Å². The van der Waals surface area contributed by atoms with Crippen LogP contribution in [0, 0.1) is 0 Å². The highest BCUT2D eigenvalue weighted by Gasteiger charge is 2.31. The average Bonchev–Trinajstić information content (AvgIpc) is 2.33. The molecule has 0 bridgehead atoms. The molecule has 1 aliphatic heterocycles. The Morgan fingerprint density at radius 2 is 2.32 bits per heavy atom. The first-order valence-electron chi connectivity index (χ1n) is 6.07. The Morgan fingerprint density at radius 1 is 1.58 bits per heavy atom. The molecule has 1 aliphatic rings. The lowest BCUT2D eigenvalue weighted by molar-refractivity contribution is 0.0725. The van der Waals surface area contributed by atoms with Crippen LogP contribution < -0.4 is 15.2 Å². The quantitative estimate of drug-likeness (QED) is 0.919. The number of halogens is 2. The third-order valence-electron chi connectivity index (χ3n) is 2.98. The molecular formula is C14H17Cl2NO2. The fourth-order valence-corrected chi connectivity index (χ4v) is 2.28. The van der Waals surface area contributed by atoms with Gasteiger partial charge in [0.2, 0.25) is 0 Å². The summed E-state index contributed by atoms with van der Waals surface area (Å²) < 4.78 is 11.5. The van der Waals surface area contributed by atoms with Crippen LogP contribution in [-0.4, -0.2) is 12.2 Å². The summed E-state index contributed by atoms with van der Waals surface area (Å²) in [5.41, 5.74) is 8.17. The summed E-state index contributed by atoms with van der Waals surface area (Å²) in [5, 5.41) is 0.442. The van der Waals surface area contributed by atoms with Crippen LogP contribution in [0.5, 0.6) is 11.5 Å². The van der Waals surface area contributed by atoms with E-state index in [1.54, 1.807) is 0 Å². The molecule has 5 heteroatoms. The Bertz CT molecular complexity index is 500. The van der Waals surface area contributed by atoms with Crippen molar-refractivity contribution in [2.75, 3.05) is 6.61 Å². The van der Waals surface area contributed by atoms with E-state index in [1.165, 1.54) is 5.54 Å². The van der Waals surface area contributed by atoms with Gasteiger partial charge in [0.15, 0.2) is 0 Å². The number of ether oxygens (including phenoxy) is 2. The summed E-state index contributed by atoms with van der Waals surface area (Å²) >= 11 is 11.3. The van der Waals surface area contributed by atoms with Crippen molar-refractivity contribution in [1.82, 2.24) is 0 Å². The number of nitrogens with two attached hydrogens (primary N) is 1. The van der Waals surface area contributed by atoms with Gasteiger partial charge < -0.3 is 15.2 Å². The molecular weight excluding hydrogens is 285 g/mol. The molecule has 0 fully saturated rings. The van der Waals surface area contributed by atoms with Gasteiger partial charge in [-0.05, 0) is 19.9 Å². The van der Waals surface area contributed by atoms with Gasteiger partial charge in [0.1, 0.15) is 23.7 Å². The Kier molecular flexibility index (Phi) is 4.29. The van der Waals surface area contributed by atoms with Crippen molar-refractivity contribution in [3.8, 4) is 11.5 Å². The topological polar surface area (TPSA) is 44.5 Å². The molecule has 0 saturated carbocycles. The fourth-order valence-electron chi connectivity index (χ4n) is 2.16. The third kappa shape index (κ3) is 3.56. The largest absolute Gasteiger partial charge is 0.488 e. The van der Waals surface area contributed by atoms with Crippen molar-refractivity contribution < 1.29 is 9.47 Å². The highest BCUT2D eigenvalue weighted by Crippen LogP contribution is 2.40. The Morgan fingerprint density at radius 3 is 3.00 bits per heavy atom. The summed E-state index contributed by atoms with van der Waals surface area (Å²) in [7, 11) is 0. The smallest absolute Gasteiger partial charge is 0.128 e. The highest BCUT2D eigenvalue weighted by atomic mass is 35.5. The molecule has 0 amide bonds. The van der Waals surface area contributed by atoms with Crippen LogP contribution in [0.25, 0.3) is 0 Å². The van der Waals surface area contributed by atoms with Crippen LogP contribution in [0.15, 0.2) is 28.8 Å². The molecule has 0 aromatic heterocycles. The van der Waals surface area contributed by atoms with Gasteiger partial charge in [-0.1, -0.05) is 29.3 Å². The summed E-state index contributed by atoms with van der Waals surface area (Å²) in [6.45, 7) is 4.28. The van der Waals surface area contributed by atoms with Crippen molar-refractivity contribution in [1.29, 1.82) is 0 Å². The predicted molar refractivity (Wildman–Crippen MR) is 78.0 cm³/mol. The minimum Gasteiger partial charge on any atom is -0.488 e. The predicted octanol–water partition coefficient (Wildman–Crippen LogP) is 3.95. The molecule has 104 valence electrons. The van der Waals surface area contributed by atoms with Crippen molar-refractivity contribution in [2.24, 2.45) is 5.73 Å². The second-order valence-corrected chi connectivity index (χ2v) is 5.92. The summed E-state index contributed by atoms with van der Waals surface area (Å²) in [6, 6.07) is 5.62. The third-order valence-corrected chi connectivity index (χ3v) is 3.57. The molecule has 1 aromatic carbocycles. The maximum Gasteiger partial charge on any atom is 0.128 e. The molecule has 1 unspecified atom stereocenters. The summed E-state index contributed by atoms with van der Waals surface area (Å²) in [4.78, 5) is 0. The van der Waals surface area contributed by atoms with E-state index in [4.69, 9.17) is 38.4 Å². The average molecular weight is 302 g/mol. The molecule has 2 rings (SSSR count). The van der Waals surface area contributed by atoms with E-state index in [9.17, 15) is 0 Å². The molecule has 1 heterocycles. The van der Waals surface area contributed by atoms with Gasteiger partial charge in [-0.3, -0.25) is 0 Å². The second-order valence-electron chi connectivity index (χ2n) is 5.22. The Balaban J connectivity index is 2.19. The van der Waals surface area contributed by atoms with Crippen LogP contribution in [0.1, 0.15) is 31.9 Å². The van der Waals surface area contributed by atoms with E-state index in [1.807, 2.05) is 32.0 Å². The number of rotatable bonds is 3. The lowest BCUT2D eigenvalue weighted by Crippen LogP contribution is -2.37. The molecule has 0 saturated heterocycles. The zero-order valence-electron chi connectivity index (χ0n) is 11.0. The maximum atomic E-state index is 6.15. The van der Waals surface area contributed by atoms with Gasteiger partial charge in [0.25, 0.3) is 0 Å². The molecule has 2 N–H and O–H groups in total. The van der Waals surface area contributed by atoms with Crippen LogP contribution in [0.3, 0.4) is 0 Å². The lowest BCUT2D eigenvalue weighted by Gasteiger charge is -2.36. The first-order valence-corrected chi connectivity index (χ1v) is 6.89. The lowest BCUT2D eigenvalue weighted by atomic mass is 9.90. The minimum atomic E-state index is -0.265. The Labute approximate surface area is 123 Å². The van der Waals surface area contributed by atoms with Crippen LogP contribution in [0.4, 0.5) is 0 Å². The van der Waals surface area contributed by atoms with Gasteiger partial charge in [-0.2, -0.15) is 0 Å². The maximum absolute atomic E-state index is 6.15. The zero-order chi connectivity index (χ0) is 14.0. The number of hydrogen-bond acceptors (Lipinski definition) is 3. The SMILES string of the molecule is CC1(C)CC(N)c2ccc(OCC(Cl)=CCl)cc2O1. The van der Waals surface area contributed by atoms with Crippen molar-refractivity contribution in [2.45, 2.75) is 31.9 Å². The first-order chi connectivity index (χ1) is 8.91. The van der Waals surface area contributed by atoms with E-state index in [-0.39, 0.29) is 18.2 Å². The first kappa shape index (κ1) is 14.5. The molecule has 19 heavy (non-hydrogen) atoms. The van der Waals surface area contributed by atoms with Gasteiger partial charge >= 0.3 is 0 Å². The monoisotopic (exact) mass is 301 g/mol. The zero-order valence-corrected chi connectivity index (χ0v) is 12.5. The molecule has 1 atom stereocenters. The minimum absolute atomic E-state index is 0.0147. The van der Waals surface area contributed by atoms with E-state index in [0.29, 0.717) is 10.8 Å². The van der Waals surface area contributed by atoms with E-state index in [0.717, 1.165) is 17.7 Å².